The standard InChI is InChI=1S/C23H26F2N4O3S/c1-4-29-21(17-7-5-6-15(2)12-17)27-28-23(29)33-14-20(30)26-11-10-16-8-9-18(32-22(24)25)19(13-16)31-3/h5-9,12-13,22H,4,10-11,14H2,1-3H3,(H,26,30). The Labute approximate surface area is 195 Å². The van der Waals surface area contributed by atoms with Crippen LogP contribution < -0.4 is 14.8 Å². The van der Waals surface area contributed by atoms with E-state index >= 15 is 0 Å². The molecule has 1 heterocycles. The first-order chi connectivity index (χ1) is 15.9. The summed E-state index contributed by atoms with van der Waals surface area (Å²) in [5, 5.41) is 12.1. The van der Waals surface area contributed by atoms with Crippen molar-refractivity contribution in [3.63, 3.8) is 0 Å². The minimum absolute atomic E-state index is 0.0262. The number of hydrogen-bond acceptors (Lipinski definition) is 6. The maximum atomic E-state index is 12.4. The Morgan fingerprint density at radius 2 is 2.00 bits per heavy atom. The average Bonchev–Trinajstić information content (AvgIpc) is 3.21. The molecular weight excluding hydrogens is 450 g/mol. The van der Waals surface area contributed by atoms with Crippen LogP contribution in [0.5, 0.6) is 11.5 Å². The van der Waals surface area contributed by atoms with Crippen LogP contribution in [0.15, 0.2) is 47.6 Å². The lowest BCUT2D eigenvalue weighted by atomic mass is 10.1. The summed E-state index contributed by atoms with van der Waals surface area (Å²) in [6, 6.07) is 12.8. The molecule has 0 fully saturated rings. The zero-order valence-corrected chi connectivity index (χ0v) is 19.5. The van der Waals surface area contributed by atoms with Crippen LogP contribution >= 0.6 is 11.8 Å². The van der Waals surface area contributed by atoms with E-state index in [2.05, 4.69) is 26.3 Å². The molecule has 176 valence electrons. The van der Waals surface area contributed by atoms with Crippen molar-refractivity contribution >= 4 is 17.7 Å². The summed E-state index contributed by atoms with van der Waals surface area (Å²) in [6.07, 6.45) is 0.518. The SMILES string of the molecule is CCn1c(SCC(=O)NCCc2ccc(OC(F)F)c(OC)c2)nnc1-c1cccc(C)c1. The fourth-order valence-electron chi connectivity index (χ4n) is 3.27. The van der Waals surface area contributed by atoms with E-state index in [0.717, 1.165) is 22.5 Å². The molecule has 0 bridgehead atoms. The van der Waals surface area contributed by atoms with Crippen LogP contribution in [0.25, 0.3) is 11.4 Å². The van der Waals surface area contributed by atoms with Crippen LogP contribution in [-0.2, 0) is 17.8 Å². The second-order valence-electron chi connectivity index (χ2n) is 7.17. The highest BCUT2D eigenvalue weighted by molar-refractivity contribution is 7.99. The minimum atomic E-state index is -2.92. The van der Waals surface area contributed by atoms with E-state index in [9.17, 15) is 13.6 Å². The van der Waals surface area contributed by atoms with Gasteiger partial charge in [-0.1, -0.05) is 41.6 Å². The predicted octanol–water partition coefficient (Wildman–Crippen LogP) is 4.33. The van der Waals surface area contributed by atoms with Crippen LogP contribution in [0, 0.1) is 6.92 Å². The van der Waals surface area contributed by atoms with Gasteiger partial charge in [-0.05, 0) is 44.0 Å². The highest BCUT2D eigenvalue weighted by atomic mass is 32.2. The van der Waals surface area contributed by atoms with Crippen LogP contribution in [0.1, 0.15) is 18.1 Å². The number of methoxy groups -OCH3 is 1. The number of thioether (sulfide) groups is 1. The molecule has 3 rings (SSSR count). The number of aromatic nitrogens is 3. The van der Waals surface area contributed by atoms with Gasteiger partial charge < -0.3 is 19.4 Å². The molecule has 0 unspecified atom stereocenters. The van der Waals surface area contributed by atoms with Gasteiger partial charge in [0, 0.05) is 18.7 Å². The molecule has 3 aromatic rings. The summed E-state index contributed by atoms with van der Waals surface area (Å²) in [5.41, 5.74) is 2.96. The third-order valence-electron chi connectivity index (χ3n) is 4.82. The number of alkyl halides is 2. The van der Waals surface area contributed by atoms with Crippen molar-refractivity contribution < 1.29 is 23.0 Å². The number of nitrogens with one attached hydrogen (secondary N) is 1. The van der Waals surface area contributed by atoms with Crippen molar-refractivity contribution in [1.82, 2.24) is 20.1 Å². The molecule has 0 atom stereocenters. The number of nitrogens with zero attached hydrogens (tertiary/aromatic N) is 3. The maximum Gasteiger partial charge on any atom is 0.387 e. The van der Waals surface area contributed by atoms with Gasteiger partial charge in [0.15, 0.2) is 22.5 Å². The molecule has 0 radical (unpaired) electrons. The quantitative estimate of drug-likeness (QED) is 0.415. The molecule has 0 aliphatic carbocycles. The van der Waals surface area contributed by atoms with E-state index in [1.165, 1.54) is 24.9 Å². The monoisotopic (exact) mass is 476 g/mol. The maximum absolute atomic E-state index is 12.4. The van der Waals surface area contributed by atoms with E-state index in [-0.39, 0.29) is 23.2 Å². The van der Waals surface area contributed by atoms with Gasteiger partial charge in [0.25, 0.3) is 0 Å². The molecule has 0 aliphatic heterocycles. The zero-order chi connectivity index (χ0) is 23.8. The number of halogens is 2. The molecule has 33 heavy (non-hydrogen) atoms. The first kappa shape index (κ1) is 24.5. The van der Waals surface area contributed by atoms with Crippen molar-refractivity contribution in [1.29, 1.82) is 0 Å². The van der Waals surface area contributed by atoms with E-state index in [0.29, 0.717) is 24.7 Å². The van der Waals surface area contributed by atoms with Crippen LogP contribution in [0.4, 0.5) is 8.78 Å². The Hall–Kier alpha value is -3.14. The number of benzene rings is 2. The predicted molar refractivity (Wildman–Crippen MR) is 123 cm³/mol. The molecule has 0 saturated heterocycles. The molecule has 1 amide bonds. The topological polar surface area (TPSA) is 78.3 Å². The van der Waals surface area contributed by atoms with Gasteiger partial charge in [0.05, 0.1) is 12.9 Å². The highest BCUT2D eigenvalue weighted by Gasteiger charge is 2.15. The first-order valence-corrected chi connectivity index (χ1v) is 11.4. The molecule has 0 spiro atoms. The lowest BCUT2D eigenvalue weighted by Gasteiger charge is -2.12. The number of aryl methyl sites for hydroxylation is 1. The summed E-state index contributed by atoms with van der Waals surface area (Å²) in [6.45, 7) is 2.20. The van der Waals surface area contributed by atoms with Crippen LogP contribution in [-0.4, -0.2) is 46.7 Å². The summed E-state index contributed by atoms with van der Waals surface area (Å²) in [7, 11) is 1.38. The molecule has 0 saturated carbocycles. The van der Waals surface area contributed by atoms with Gasteiger partial charge in [-0.15, -0.1) is 10.2 Å². The van der Waals surface area contributed by atoms with E-state index in [1.807, 2.05) is 36.6 Å². The summed E-state index contributed by atoms with van der Waals surface area (Å²) in [5.74, 6) is 1.04. The molecule has 2 aromatic carbocycles. The second-order valence-corrected chi connectivity index (χ2v) is 8.11. The van der Waals surface area contributed by atoms with Crippen molar-refractivity contribution in [3.05, 3.63) is 53.6 Å². The summed E-state index contributed by atoms with van der Waals surface area (Å²) < 4.78 is 36.4. The van der Waals surface area contributed by atoms with Gasteiger partial charge in [-0.2, -0.15) is 8.78 Å². The first-order valence-electron chi connectivity index (χ1n) is 10.4. The van der Waals surface area contributed by atoms with E-state index < -0.39 is 6.61 Å². The molecule has 1 N–H and O–H groups in total. The van der Waals surface area contributed by atoms with Crippen molar-refractivity contribution in [2.24, 2.45) is 0 Å². The van der Waals surface area contributed by atoms with Crippen LogP contribution in [0.2, 0.25) is 0 Å². The minimum Gasteiger partial charge on any atom is -0.493 e. The normalized spacial score (nSPS) is 11.0. The summed E-state index contributed by atoms with van der Waals surface area (Å²) in [4.78, 5) is 12.3. The lowest BCUT2D eigenvalue weighted by molar-refractivity contribution is -0.118. The molecular formula is C23H26F2N4O3S. The van der Waals surface area contributed by atoms with E-state index in [1.54, 1.807) is 12.1 Å². The van der Waals surface area contributed by atoms with E-state index in [4.69, 9.17) is 4.74 Å². The Balaban J connectivity index is 1.52. The lowest BCUT2D eigenvalue weighted by Crippen LogP contribution is -2.27. The Kier molecular flexibility index (Phi) is 8.65. The number of carbonyl (C=O) groups excluding carboxylic acids is 1. The largest absolute Gasteiger partial charge is 0.493 e. The third-order valence-corrected chi connectivity index (χ3v) is 5.79. The molecule has 1 aromatic heterocycles. The zero-order valence-electron chi connectivity index (χ0n) is 18.7. The fraction of sp³-hybridized carbons (Fsp3) is 0.348. The number of hydrogen-bond donors (Lipinski definition) is 1. The van der Waals surface area contributed by atoms with Gasteiger partial charge in [0.1, 0.15) is 0 Å². The third kappa shape index (κ3) is 6.67. The number of amides is 1. The van der Waals surface area contributed by atoms with Crippen molar-refractivity contribution in [2.75, 3.05) is 19.4 Å². The van der Waals surface area contributed by atoms with Crippen molar-refractivity contribution in [3.8, 4) is 22.9 Å². The molecule has 10 heteroatoms. The van der Waals surface area contributed by atoms with Gasteiger partial charge >= 0.3 is 6.61 Å². The molecule has 0 aliphatic rings. The van der Waals surface area contributed by atoms with Crippen LogP contribution in [0.3, 0.4) is 0 Å². The number of ether oxygens (including phenoxy) is 2. The molecule has 7 nitrogen and oxygen atoms in total. The van der Waals surface area contributed by atoms with Gasteiger partial charge in [0.2, 0.25) is 5.91 Å². The Morgan fingerprint density at radius 3 is 2.70 bits per heavy atom. The smallest absolute Gasteiger partial charge is 0.387 e. The average molecular weight is 477 g/mol. The number of carbonyl (C=O) groups is 1. The fourth-order valence-corrected chi connectivity index (χ4v) is 4.10. The highest BCUT2D eigenvalue weighted by Crippen LogP contribution is 2.29. The number of rotatable bonds is 11. The van der Waals surface area contributed by atoms with Gasteiger partial charge in [-0.3, -0.25) is 4.79 Å². The summed E-state index contributed by atoms with van der Waals surface area (Å²) >= 11 is 1.33. The Bertz CT molecular complexity index is 1090. The van der Waals surface area contributed by atoms with Crippen molar-refractivity contribution in [2.45, 2.75) is 38.6 Å². The second kappa shape index (κ2) is 11.6. The van der Waals surface area contributed by atoms with Gasteiger partial charge in [-0.25, -0.2) is 0 Å². The Morgan fingerprint density at radius 1 is 1.18 bits per heavy atom.